The van der Waals surface area contributed by atoms with Gasteiger partial charge in [-0.15, -0.1) is 11.3 Å². The van der Waals surface area contributed by atoms with Crippen molar-refractivity contribution in [3.05, 3.63) is 45.6 Å². The van der Waals surface area contributed by atoms with Gasteiger partial charge >= 0.3 is 6.03 Å². The lowest BCUT2D eigenvalue weighted by atomic mass is 9.91. The minimum absolute atomic E-state index is 0.00279. The van der Waals surface area contributed by atoms with Gasteiger partial charge in [0.2, 0.25) is 0 Å². The van der Waals surface area contributed by atoms with Gasteiger partial charge in [-0.25, -0.2) is 4.79 Å². The summed E-state index contributed by atoms with van der Waals surface area (Å²) in [5.41, 5.74) is 2.33. The van der Waals surface area contributed by atoms with Gasteiger partial charge in [-0.2, -0.15) is 0 Å². The number of hydrogen-bond donors (Lipinski definition) is 3. The van der Waals surface area contributed by atoms with Gasteiger partial charge in [0.05, 0.1) is 25.6 Å². The Labute approximate surface area is 175 Å². The van der Waals surface area contributed by atoms with E-state index in [9.17, 15) is 9.59 Å². The molecule has 0 radical (unpaired) electrons. The third-order valence-electron chi connectivity index (χ3n) is 5.08. The number of urea groups is 1. The SMILES string of the molecule is CCCNC(=O)NC(=O)C[NH+]1CCc2cc(OC)c(OC)cc2[C@@H]1c1cccs1. The van der Waals surface area contributed by atoms with Crippen molar-refractivity contribution >= 4 is 23.3 Å². The monoisotopic (exact) mass is 418 g/mol. The normalized spacial score (nSPS) is 17.9. The minimum Gasteiger partial charge on any atom is -0.493 e. The average Bonchev–Trinajstić information content (AvgIpc) is 3.25. The lowest BCUT2D eigenvalue weighted by Crippen LogP contribution is -3.14. The fraction of sp³-hybridized carbons (Fsp3) is 0.429. The first-order chi connectivity index (χ1) is 14.1. The number of amides is 3. The predicted molar refractivity (Wildman–Crippen MR) is 112 cm³/mol. The smallest absolute Gasteiger partial charge is 0.321 e. The van der Waals surface area contributed by atoms with Crippen LogP contribution in [0.3, 0.4) is 0 Å². The fourth-order valence-electron chi connectivity index (χ4n) is 3.74. The number of hydrogen-bond acceptors (Lipinski definition) is 5. The maximum atomic E-state index is 12.5. The summed E-state index contributed by atoms with van der Waals surface area (Å²) in [7, 11) is 3.26. The number of methoxy groups -OCH3 is 2. The van der Waals surface area contributed by atoms with Crippen LogP contribution in [0, 0.1) is 0 Å². The molecule has 1 aliphatic heterocycles. The Morgan fingerprint density at radius 3 is 2.66 bits per heavy atom. The number of fused-ring (bicyclic) bond motifs is 1. The van der Waals surface area contributed by atoms with Gasteiger partial charge in [-0.3, -0.25) is 10.1 Å². The molecule has 2 atom stereocenters. The van der Waals surface area contributed by atoms with Crippen molar-refractivity contribution in [1.82, 2.24) is 10.6 Å². The molecule has 156 valence electrons. The second-order valence-corrected chi connectivity index (χ2v) is 7.97. The van der Waals surface area contributed by atoms with Crippen LogP contribution < -0.4 is 25.0 Å². The molecule has 3 N–H and O–H groups in total. The summed E-state index contributed by atoms with van der Waals surface area (Å²) in [5.74, 6) is 1.11. The Balaban J connectivity index is 1.85. The van der Waals surface area contributed by atoms with Crippen molar-refractivity contribution in [3.8, 4) is 11.5 Å². The quantitative estimate of drug-likeness (QED) is 0.637. The molecule has 7 nitrogen and oxygen atoms in total. The maximum Gasteiger partial charge on any atom is 0.321 e. The zero-order valence-electron chi connectivity index (χ0n) is 17.0. The largest absolute Gasteiger partial charge is 0.493 e. The predicted octanol–water partition coefficient (Wildman–Crippen LogP) is 1.53. The van der Waals surface area contributed by atoms with Crippen molar-refractivity contribution in [2.24, 2.45) is 0 Å². The van der Waals surface area contributed by atoms with E-state index < -0.39 is 6.03 Å². The Morgan fingerprint density at radius 1 is 1.24 bits per heavy atom. The van der Waals surface area contributed by atoms with Gasteiger partial charge in [0, 0.05) is 18.5 Å². The second-order valence-electron chi connectivity index (χ2n) is 6.99. The Morgan fingerprint density at radius 2 is 2.00 bits per heavy atom. The number of carbonyl (C=O) groups excluding carboxylic acids is 2. The molecule has 1 aromatic carbocycles. The first-order valence-corrected chi connectivity index (χ1v) is 10.7. The second kappa shape index (κ2) is 9.76. The van der Waals surface area contributed by atoms with Crippen LogP contribution in [0.15, 0.2) is 29.6 Å². The van der Waals surface area contributed by atoms with Crippen molar-refractivity contribution in [3.63, 3.8) is 0 Å². The Bertz CT molecular complexity index is 854. The van der Waals surface area contributed by atoms with E-state index in [1.807, 2.05) is 30.5 Å². The summed E-state index contributed by atoms with van der Waals surface area (Å²) in [6.07, 6.45) is 1.64. The molecule has 2 aromatic rings. The summed E-state index contributed by atoms with van der Waals surface area (Å²) in [5, 5.41) is 7.16. The summed E-state index contributed by atoms with van der Waals surface area (Å²) in [6.45, 7) is 3.51. The first-order valence-electron chi connectivity index (χ1n) is 9.77. The van der Waals surface area contributed by atoms with E-state index in [-0.39, 0.29) is 18.5 Å². The Hall–Kier alpha value is -2.58. The molecule has 0 fully saturated rings. The van der Waals surface area contributed by atoms with Gasteiger partial charge in [-0.05, 0) is 35.6 Å². The number of ether oxygens (including phenoxy) is 2. The molecule has 3 rings (SSSR count). The van der Waals surface area contributed by atoms with Crippen molar-refractivity contribution < 1.29 is 24.0 Å². The van der Waals surface area contributed by atoms with Gasteiger partial charge in [-0.1, -0.05) is 13.0 Å². The number of benzene rings is 1. The molecule has 0 bridgehead atoms. The highest BCUT2D eigenvalue weighted by molar-refractivity contribution is 7.10. The highest BCUT2D eigenvalue weighted by Gasteiger charge is 2.35. The number of nitrogens with one attached hydrogen (secondary N) is 3. The molecular formula is C21H28N3O4S+. The van der Waals surface area contributed by atoms with Crippen LogP contribution in [0.4, 0.5) is 4.79 Å². The zero-order chi connectivity index (χ0) is 20.8. The zero-order valence-corrected chi connectivity index (χ0v) is 17.9. The maximum absolute atomic E-state index is 12.5. The van der Waals surface area contributed by atoms with E-state index in [0.717, 1.165) is 29.8 Å². The van der Waals surface area contributed by atoms with Crippen molar-refractivity contribution in [1.29, 1.82) is 0 Å². The van der Waals surface area contributed by atoms with E-state index >= 15 is 0 Å². The van der Waals surface area contributed by atoms with Crippen LogP contribution in [0.2, 0.25) is 0 Å². The molecule has 0 spiro atoms. The first kappa shape index (κ1) is 21.1. The van der Waals surface area contributed by atoms with Crippen LogP contribution in [0.1, 0.15) is 35.4 Å². The van der Waals surface area contributed by atoms with E-state index in [1.165, 1.54) is 10.4 Å². The highest BCUT2D eigenvalue weighted by Crippen LogP contribution is 2.36. The fourth-order valence-corrected chi connectivity index (χ4v) is 4.64. The number of rotatable bonds is 7. The van der Waals surface area contributed by atoms with Gasteiger partial charge in [0.25, 0.3) is 5.91 Å². The van der Waals surface area contributed by atoms with Gasteiger partial charge < -0.3 is 19.7 Å². The summed E-state index contributed by atoms with van der Waals surface area (Å²) >= 11 is 1.67. The summed E-state index contributed by atoms with van der Waals surface area (Å²) < 4.78 is 11.0. The van der Waals surface area contributed by atoms with Gasteiger partial charge in [0.15, 0.2) is 18.0 Å². The third kappa shape index (κ3) is 4.89. The lowest BCUT2D eigenvalue weighted by Gasteiger charge is -2.34. The molecule has 1 aromatic heterocycles. The van der Waals surface area contributed by atoms with Crippen LogP contribution in [0.5, 0.6) is 11.5 Å². The van der Waals surface area contributed by atoms with Crippen molar-refractivity contribution in [2.75, 3.05) is 33.9 Å². The van der Waals surface area contributed by atoms with Crippen LogP contribution in [0.25, 0.3) is 0 Å². The van der Waals surface area contributed by atoms with E-state index in [2.05, 4.69) is 16.7 Å². The topological polar surface area (TPSA) is 81.1 Å². The average molecular weight is 419 g/mol. The van der Waals surface area contributed by atoms with Crippen LogP contribution in [-0.4, -0.2) is 45.8 Å². The number of carbonyl (C=O) groups is 2. The molecule has 1 unspecified atom stereocenters. The third-order valence-corrected chi connectivity index (χ3v) is 6.02. The molecule has 0 saturated carbocycles. The van der Waals surface area contributed by atoms with Crippen LogP contribution >= 0.6 is 11.3 Å². The molecule has 2 heterocycles. The van der Waals surface area contributed by atoms with E-state index in [4.69, 9.17) is 9.47 Å². The van der Waals surface area contributed by atoms with Crippen molar-refractivity contribution in [2.45, 2.75) is 25.8 Å². The lowest BCUT2D eigenvalue weighted by molar-refractivity contribution is -0.919. The van der Waals surface area contributed by atoms with E-state index in [0.29, 0.717) is 18.0 Å². The molecule has 0 aliphatic carbocycles. The summed E-state index contributed by atoms with van der Waals surface area (Å²) in [6, 6.07) is 7.72. The molecule has 0 saturated heterocycles. The molecule has 8 heteroatoms. The minimum atomic E-state index is -0.437. The number of quaternary nitrogens is 1. The van der Waals surface area contributed by atoms with E-state index in [1.54, 1.807) is 25.6 Å². The number of imide groups is 1. The molecule has 29 heavy (non-hydrogen) atoms. The summed E-state index contributed by atoms with van der Waals surface area (Å²) in [4.78, 5) is 26.6. The van der Waals surface area contributed by atoms with Gasteiger partial charge in [0.1, 0.15) is 6.04 Å². The van der Waals surface area contributed by atoms with Crippen LogP contribution in [-0.2, 0) is 11.2 Å². The Kier molecular flexibility index (Phi) is 7.11. The molecule has 3 amide bonds. The molecule has 1 aliphatic rings. The highest BCUT2D eigenvalue weighted by atomic mass is 32.1. The standard InChI is InChI=1S/C21H27N3O4S/c1-4-8-22-21(26)23-19(25)13-24-9-7-14-11-16(27-2)17(28-3)12-15(14)20(24)18-6-5-10-29-18/h5-6,10-12,20H,4,7-9,13H2,1-3H3,(H2,22,23,25,26)/p+1/t20-/m1/s1. The number of thiophene rings is 1. The molecular weight excluding hydrogens is 390 g/mol.